The zero-order valence-corrected chi connectivity index (χ0v) is 11.0. The molecule has 1 heterocycles. The SMILES string of the molecule is O=C(O)Cc1ccc2c(c1)sc1ccc([N+](=O)[O-])cc12. The molecule has 0 atom stereocenters. The molecule has 0 unspecified atom stereocenters. The molecule has 6 heteroatoms. The minimum absolute atomic E-state index is 0.0235. The first-order valence-corrected chi connectivity index (χ1v) is 6.67. The average molecular weight is 287 g/mol. The van der Waals surface area contributed by atoms with Gasteiger partial charge in [0.1, 0.15) is 0 Å². The summed E-state index contributed by atoms with van der Waals surface area (Å²) in [5, 5.41) is 21.4. The number of carbonyl (C=O) groups is 1. The molecule has 0 radical (unpaired) electrons. The van der Waals surface area contributed by atoms with Crippen molar-refractivity contribution in [2.45, 2.75) is 6.42 Å². The molecular formula is C14H9NO4S. The number of nitro benzene ring substituents is 1. The Morgan fingerprint density at radius 3 is 2.65 bits per heavy atom. The molecule has 0 saturated heterocycles. The number of rotatable bonds is 3. The first kappa shape index (κ1) is 12.6. The lowest BCUT2D eigenvalue weighted by atomic mass is 10.1. The molecule has 0 aliphatic rings. The number of non-ortho nitro benzene ring substituents is 1. The van der Waals surface area contributed by atoms with Gasteiger partial charge in [-0.3, -0.25) is 14.9 Å². The summed E-state index contributed by atoms with van der Waals surface area (Å²) in [6.07, 6.45) is -0.0235. The van der Waals surface area contributed by atoms with Crippen molar-refractivity contribution >= 4 is 43.2 Å². The fraction of sp³-hybridized carbons (Fsp3) is 0.0714. The maximum atomic E-state index is 10.8. The Labute approximate surface area is 117 Å². The van der Waals surface area contributed by atoms with Gasteiger partial charge in [0.2, 0.25) is 0 Å². The van der Waals surface area contributed by atoms with Gasteiger partial charge < -0.3 is 5.11 Å². The number of thiophene rings is 1. The Kier molecular flexibility index (Phi) is 2.87. The standard InChI is InChI=1S/C14H9NO4S/c16-14(17)6-8-1-3-10-11-7-9(15(18)19)2-4-12(11)20-13(10)5-8/h1-5,7H,6H2,(H,16,17). The molecule has 0 bridgehead atoms. The summed E-state index contributed by atoms with van der Waals surface area (Å²) in [4.78, 5) is 21.1. The summed E-state index contributed by atoms with van der Waals surface area (Å²) in [5.74, 6) is -0.874. The minimum Gasteiger partial charge on any atom is -0.481 e. The molecular weight excluding hydrogens is 278 g/mol. The second-order valence-electron chi connectivity index (χ2n) is 4.44. The Morgan fingerprint density at radius 1 is 1.15 bits per heavy atom. The number of nitro groups is 1. The summed E-state index contributed by atoms with van der Waals surface area (Å²) >= 11 is 1.51. The van der Waals surface area contributed by atoms with Crippen molar-refractivity contribution in [3.8, 4) is 0 Å². The number of nitrogens with zero attached hydrogens (tertiary/aromatic N) is 1. The molecule has 20 heavy (non-hydrogen) atoms. The van der Waals surface area contributed by atoms with Gasteiger partial charge in [-0.2, -0.15) is 0 Å². The quantitative estimate of drug-likeness (QED) is 0.589. The monoisotopic (exact) mass is 287 g/mol. The van der Waals surface area contributed by atoms with E-state index in [1.807, 2.05) is 12.1 Å². The van der Waals surface area contributed by atoms with E-state index in [2.05, 4.69) is 0 Å². The van der Waals surface area contributed by atoms with Gasteiger partial charge in [0, 0.05) is 32.3 Å². The number of hydrogen-bond donors (Lipinski definition) is 1. The van der Waals surface area contributed by atoms with Gasteiger partial charge in [-0.05, 0) is 17.7 Å². The van der Waals surface area contributed by atoms with E-state index in [1.54, 1.807) is 18.2 Å². The molecule has 100 valence electrons. The van der Waals surface area contributed by atoms with Crippen LogP contribution in [0.3, 0.4) is 0 Å². The van der Waals surface area contributed by atoms with Crippen molar-refractivity contribution < 1.29 is 14.8 Å². The number of hydrogen-bond acceptors (Lipinski definition) is 4. The number of benzene rings is 2. The molecule has 0 fully saturated rings. The maximum absolute atomic E-state index is 10.8. The molecule has 3 aromatic rings. The van der Waals surface area contributed by atoms with Gasteiger partial charge in [-0.1, -0.05) is 12.1 Å². The topological polar surface area (TPSA) is 80.4 Å². The Balaban J connectivity index is 2.21. The van der Waals surface area contributed by atoms with E-state index in [0.29, 0.717) is 0 Å². The molecule has 3 rings (SSSR count). The molecule has 1 aromatic heterocycles. The molecule has 0 aliphatic carbocycles. The Morgan fingerprint density at radius 2 is 1.95 bits per heavy atom. The highest BCUT2D eigenvalue weighted by molar-refractivity contribution is 7.25. The van der Waals surface area contributed by atoms with E-state index in [-0.39, 0.29) is 12.1 Å². The Hall–Kier alpha value is -2.47. The van der Waals surface area contributed by atoms with E-state index >= 15 is 0 Å². The normalized spacial score (nSPS) is 11.0. The number of carboxylic acids is 1. The van der Waals surface area contributed by atoms with E-state index in [0.717, 1.165) is 25.7 Å². The van der Waals surface area contributed by atoms with Gasteiger partial charge in [-0.15, -0.1) is 11.3 Å². The lowest BCUT2D eigenvalue weighted by Gasteiger charge is -1.97. The highest BCUT2D eigenvalue weighted by Gasteiger charge is 2.11. The van der Waals surface area contributed by atoms with Crippen LogP contribution in [-0.4, -0.2) is 16.0 Å². The van der Waals surface area contributed by atoms with Crippen LogP contribution in [0.2, 0.25) is 0 Å². The van der Waals surface area contributed by atoms with E-state index in [9.17, 15) is 14.9 Å². The van der Waals surface area contributed by atoms with E-state index in [1.165, 1.54) is 17.4 Å². The minimum atomic E-state index is -0.874. The molecule has 1 N–H and O–H groups in total. The first-order chi connectivity index (χ1) is 9.54. The van der Waals surface area contributed by atoms with Crippen LogP contribution in [0.1, 0.15) is 5.56 Å². The lowest BCUT2D eigenvalue weighted by Crippen LogP contribution is -1.99. The Bertz CT molecular complexity index is 853. The van der Waals surface area contributed by atoms with Crippen LogP contribution in [-0.2, 0) is 11.2 Å². The third kappa shape index (κ3) is 2.10. The summed E-state index contributed by atoms with van der Waals surface area (Å²) in [6.45, 7) is 0. The fourth-order valence-electron chi connectivity index (χ4n) is 2.21. The van der Waals surface area contributed by atoms with Crippen LogP contribution in [0.4, 0.5) is 5.69 Å². The highest BCUT2D eigenvalue weighted by Crippen LogP contribution is 2.36. The van der Waals surface area contributed by atoms with Crippen molar-refractivity contribution in [2.24, 2.45) is 0 Å². The third-order valence-corrected chi connectivity index (χ3v) is 4.22. The largest absolute Gasteiger partial charge is 0.481 e. The summed E-state index contributed by atoms with van der Waals surface area (Å²) in [7, 11) is 0. The van der Waals surface area contributed by atoms with E-state index in [4.69, 9.17) is 5.11 Å². The summed E-state index contributed by atoms with van der Waals surface area (Å²) in [6, 6.07) is 10.2. The van der Waals surface area contributed by atoms with Gasteiger partial charge in [0.05, 0.1) is 11.3 Å². The van der Waals surface area contributed by atoms with Crippen LogP contribution < -0.4 is 0 Å². The van der Waals surface area contributed by atoms with Crippen molar-refractivity contribution in [1.82, 2.24) is 0 Å². The highest BCUT2D eigenvalue weighted by atomic mass is 32.1. The van der Waals surface area contributed by atoms with Crippen LogP contribution >= 0.6 is 11.3 Å². The second kappa shape index (κ2) is 4.57. The van der Waals surface area contributed by atoms with Crippen LogP contribution in [0, 0.1) is 10.1 Å². The van der Waals surface area contributed by atoms with Gasteiger partial charge in [0.15, 0.2) is 0 Å². The predicted molar refractivity (Wildman–Crippen MR) is 77.3 cm³/mol. The van der Waals surface area contributed by atoms with Gasteiger partial charge in [0.25, 0.3) is 5.69 Å². The maximum Gasteiger partial charge on any atom is 0.307 e. The van der Waals surface area contributed by atoms with Gasteiger partial charge >= 0.3 is 5.97 Å². The molecule has 0 aliphatic heterocycles. The van der Waals surface area contributed by atoms with Crippen molar-refractivity contribution in [3.05, 3.63) is 52.1 Å². The molecule has 0 spiro atoms. The number of carboxylic acid groups (broad SMARTS) is 1. The van der Waals surface area contributed by atoms with E-state index < -0.39 is 10.9 Å². The van der Waals surface area contributed by atoms with Crippen LogP contribution in [0.25, 0.3) is 20.2 Å². The zero-order chi connectivity index (χ0) is 14.3. The smallest absolute Gasteiger partial charge is 0.307 e. The third-order valence-electron chi connectivity index (χ3n) is 3.09. The fourth-order valence-corrected chi connectivity index (χ4v) is 3.36. The lowest BCUT2D eigenvalue weighted by molar-refractivity contribution is -0.384. The molecule has 5 nitrogen and oxygen atoms in total. The average Bonchev–Trinajstić information content (AvgIpc) is 2.74. The zero-order valence-electron chi connectivity index (χ0n) is 10.2. The van der Waals surface area contributed by atoms with Crippen LogP contribution in [0.5, 0.6) is 0 Å². The van der Waals surface area contributed by atoms with Crippen molar-refractivity contribution in [2.75, 3.05) is 0 Å². The van der Waals surface area contributed by atoms with Crippen LogP contribution in [0.15, 0.2) is 36.4 Å². The summed E-state index contributed by atoms with van der Waals surface area (Å²) < 4.78 is 1.90. The first-order valence-electron chi connectivity index (χ1n) is 5.86. The number of aliphatic carboxylic acids is 1. The molecule has 0 saturated carbocycles. The number of fused-ring (bicyclic) bond motifs is 3. The second-order valence-corrected chi connectivity index (χ2v) is 5.52. The van der Waals surface area contributed by atoms with Crippen molar-refractivity contribution in [1.29, 1.82) is 0 Å². The molecule has 0 amide bonds. The predicted octanol–water partition coefficient (Wildman–Crippen LogP) is 3.59. The molecule has 2 aromatic carbocycles. The van der Waals surface area contributed by atoms with Crippen molar-refractivity contribution in [3.63, 3.8) is 0 Å². The summed E-state index contributed by atoms with van der Waals surface area (Å²) in [5.41, 5.74) is 0.790. The van der Waals surface area contributed by atoms with Gasteiger partial charge in [-0.25, -0.2) is 0 Å².